The maximum Gasteiger partial charge on any atom is 0.247 e. The van der Waals surface area contributed by atoms with E-state index in [-0.39, 0.29) is 5.82 Å². The van der Waals surface area contributed by atoms with Crippen LogP contribution in [-0.4, -0.2) is 23.3 Å². The Morgan fingerprint density at radius 3 is 2.88 bits per heavy atom. The summed E-state index contributed by atoms with van der Waals surface area (Å²) < 4.78 is 18.5. The van der Waals surface area contributed by atoms with Crippen molar-refractivity contribution in [2.24, 2.45) is 0 Å². The fourth-order valence-electron chi connectivity index (χ4n) is 1.60. The van der Waals surface area contributed by atoms with Gasteiger partial charge in [0.25, 0.3) is 0 Å². The van der Waals surface area contributed by atoms with Gasteiger partial charge in [0, 0.05) is 18.7 Å². The average molecular weight is 219 g/mol. The van der Waals surface area contributed by atoms with Crippen molar-refractivity contribution in [3.8, 4) is 11.5 Å². The molecule has 0 unspecified atom stereocenters. The molecule has 0 saturated carbocycles. The lowest BCUT2D eigenvalue weighted by atomic mass is 10.0. The summed E-state index contributed by atoms with van der Waals surface area (Å²) in [7, 11) is 0. The van der Waals surface area contributed by atoms with Gasteiger partial charge >= 0.3 is 0 Å². The van der Waals surface area contributed by atoms with E-state index >= 15 is 0 Å². The quantitative estimate of drug-likeness (QED) is 0.832. The molecule has 1 aromatic carbocycles. The third-order valence-corrected chi connectivity index (χ3v) is 2.64. The van der Waals surface area contributed by atoms with Crippen LogP contribution in [0.1, 0.15) is 11.8 Å². The SMILES string of the molecule is Fc1cccc(-c2nnc(C3CNC3)o2)c1. The highest BCUT2D eigenvalue weighted by atomic mass is 19.1. The standard InChI is InChI=1S/C11H10FN3O/c12-9-3-1-2-7(4-9)10-14-15-11(16-10)8-5-13-6-8/h1-4,8,13H,5-6H2. The monoisotopic (exact) mass is 219 g/mol. The predicted octanol–water partition coefficient (Wildman–Crippen LogP) is 1.56. The van der Waals surface area contributed by atoms with Gasteiger partial charge in [-0.3, -0.25) is 0 Å². The molecule has 5 heteroatoms. The maximum atomic E-state index is 13.0. The molecule has 1 aliphatic heterocycles. The highest BCUT2D eigenvalue weighted by molar-refractivity contribution is 5.52. The zero-order chi connectivity index (χ0) is 11.0. The van der Waals surface area contributed by atoms with Gasteiger partial charge in [-0.25, -0.2) is 4.39 Å². The number of nitrogens with zero attached hydrogens (tertiary/aromatic N) is 2. The number of benzene rings is 1. The van der Waals surface area contributed by atoms with E-state index in [1.54, 1.807) is 12.1 Å². The predicted molar refractivity (Wildman–Crippen MR) is 55.3 cm³/mol. The van der Waals surface area contributed by atoms with E-state index in [4.69, 9.17) is 4.42 Å². The molecule has 16 heavy (non-hydrogen) atoms. The molecular weight excluding hydrogens is 209 g/mol. The van der Waals surface area contributed by atoms with Crippen LogP contribution in [0.25, 0.3) is 11.5 Å². The van der Waals surface area contributed by atoms with Crippen molar-refractivity contribution < 1.29 is 8.81 Å². The largest absolute Gasteiger partial charge is 0.420 e. The molecule has 1 aliphatic rings. The normalized spacial score (nSPS) is 16.1. The van der Waals surface area contributed by atoms with E-state index in [1.807, 2.05) is 0 Å². The molecule has 4 nitrogen and oxygen atoms in total. The first-order valence-electron chi connectivity index (χ1n) is 5.13. The Labute approximate surface area is 91.5 Å². The average Bonchev–Trinajstić information content (AvgIpc) is 2.64. The Morgan fingerprint density at radius 2 is 2.19 bits per heavy atom. The van der Waals surface area contributed by atoms with Crippen LogP contribution in [0.5, 0.6) is 0 Å². The summed E-state index contributed by atoms with van der Waals surface area (Å²) in [5.41, 5.74) is 0.617. The summed E-state index contributed by atoms with van der Waals surface area (Å²) in [5.74, 6) is 0.997. The summed E-state index contributed by atoms with van der Waals surface area (Å²) in [6.07, 6.45) is 0. The number of rotatable bonds is 2. The van der Waals surface area contributed by atoms with Crippen LogP contribution in [-0.2, 0) is 0 Å². The first-order chi connectivity index (χ1) is 7.83. The topological polar surface area (TPSA) is 51.0 Å². The second-order valence-corrected chi connectivity index (χ2v) is 3.81. The molecule has 1 N–H and O–H groups in total. The van der Waals surface area contributed by atoms with E-state index < -0.39 is 0 Å². The second kappa shape index (κ2) is 3.68. The Morgan fingerprint density at radius 1 is 1.31 bits per heavy atom. The van der Waals surface area contributed by atoms with Gasteiger partial charge in [0.05, 0.1) is 5.92 Å². The lowest BCUT2D eigenvalue weighted by Gasteiger charge is -2.22. The van der Waals surface area contributed by atoms with Crippen LogP contribution in [0.4, 0.5) is 4.39 Å². The summed E-state index contributed by atoms with van der Waals surface area (Å²) in [5, 5.41) is 11.0. The first-order valence-corrected chi connectivity index (χ1v) is 5.13. The number of hydrogen-bond acceptors (Lipinski definition) is 4. The van der Waals surface area contributed by atoms with Crippen LogP contribution in [0.15, 0.2) is 28.7 Å². The molecule has 3 rings (SSSR count). The fourth-order valence-corrected chi connectivity index (χ4v) is 1.60. The van der Waals surface area contributed by atoms with Gasteiger partial charge in [0.15, 0.2) is 0 Å². The van der Waals surface area contributed by atoms with E-state index in [2.05, 4.69) is 15.5 Å². The lowest BCUT2D eigenvalue weighted by Crippen LogP contribution is -2.40. The van der Waals surface area contributed by atoms with Gasteiger partial charge in [-0.05, 0) is 18.2 Å². The van der Waals surface area contributed by atoms with Crippen LogP contribution in [0.2, 0.25) is 0 Å². The van der Waals surface area contributed by atoms with E-state index in [1.165, 1.54) is 12.1 Å². The summed E-state index contributed by atoms with van der Waals surface area (Å²) >= 11 is 0. The van der Waals surface area contributed by atoms with Crippen molar-refractivity contribution in [1.82, 2.24) is 15.5 Å². The van der Waals surface area contributed by atoms with Gasteiger partial charge in [0.1, 0.15) is 5.82 Å². The minimum atomic E-state index is -0.303. The fraction of sp³-hybridized carbons (Fsp3) is 0.273. The second-order valence-electron chi connectivity index (χ2n) is 3.81. The third kappa shape index (κ3) is 1.59. The van der Waals surface area contributed by atoms with E-state index in [0.29, 0.717) is 23.3 Å². The Bertz CT molecular complexity index is 507. The first kappa shape index (κ1) is 9.47. The van der Waals surface area contributed by atoms with Crippen molar-refractivity contribution in [2.75, 3.05) is 13.1 Å². The van der Waals surface area contributed by atoms with Crippen molar-refractivity contribution >= 4 is 0 Å². The molecule has 0 atom stereocenters. The van der Waals surface area contributed by atoms with Crippen molar-refractivity contribution in [2.45, 2.75) is 5.92 Å². The molecule has 0 radical (unpaired) electrons. The van der Waals surface area contributed by atoms with E-state index in [0.717, 1.165) is 13.1 Å². The van der Waals surface area contributed by atoms with Crippen LogP contribution < -0.4 is 5.32 Å². The Kier molecular flexibility index (Phi) is 2.18. The highest BCUT2D eigenvalue weighted by Gasteiger charge is 2.24. The Balaban J connectivity index is 1.91. The highest BCUT2D eigenvalue weighted by Crippen LogP contribution is 2.23. The van der Waals surface area contributed by atoms with E-state index in [9.17, 15) is 4.39 Å². The number of hydrogen-bond donors (Lipinski definition) is 1. The zero-order valence-electron chi connectivity index (χ0n) is 8.48. The summed E-state index contributed by atoms with van der Waals surface area (Å²) in [6.45, 7) is 1.73. The molecule has 1 fully saturated rings. The third-order valence-electron chi connectivity index (χ3n) is 2.64. The number of aromatic nitrogens is 2. The maximum absolute atomic E-state index is 13.0. The molecule has 1 aromatic heterocycles. The van der Waals surface area contributed by atoms with Crippen molar-refractivity contribution in [3.63, 3.8) is 0 Å². The molecule has 2 aromatic rings. The molecule has 0 aliphatic carbocycles. The molecule has 2 heterocycles. The van der Waals surface area contributed by atoms with Gasteiger partial charge in [0.2, 0.25) is 11.8 Å². The van der Waals surface area contributed by atoms with Gasteiger partial charge in [-0.15, -0.1) is 10.2 Å². The summed E-state index contributed by atoms with van der Waals surface area (Å²) in [6, 6.07) is 6.14. The minimum absolute atomic E-state index is 0.301. The van der Waals surface area contributed by atoms with Gasteiger partial charge < -0.3 is 9.73 Å². The minimum Gasteiger partial charge on any atom is -0.420 e. The lowest BCUT2D eigenvalue weighted by molar-refractivity contribution is 0.361. The van der Waals surface area contributed by atoms with Crippen molar-refractivity contribution in [1.29, 1.82) is 0 Å². The molecule has 82 valence electrons. The molecule has 0 amide bonds. The van der Waals surface area contributed by atoms with Crippen LogP contribution >= 0.6 is 0 Å². The van der Waals surface area contributed by atoms with Crippen LogP contribution in [0.3, 0.4) is 0 Å². The molecule has 0 spiro atoms. The van der Waals surface area contributed by atoms with Crippen LogP contribution in [0, 0.1) is 5.82 Å². The smallest absolute Gasteiger partial charge is 0.247 e. The summed E-state index contributed by atoms with van der Waals surface area (Å²) in [4.78, 5) is 0. The number of halogens is 1. The van der Waals surface area contributed by atoms with Gasteiger partial charge in [-0.1, -0.05) is 6.07 Å². The molecule has 0 bridgehead atoms. The van der Waals surface area contributed by atoms with Gasteiger partial charge in [-0.2, -0.15) is 0 Å². The Hall–Kier alpha value is -1.75. The molecular formula is C11H10FN3O. The number of nitrogens with one attached hydrogen (secondary N) is 1. The zero-order valence-corrected chi connectivity index (χ0v) is 8.48. The molecule has 1 saturated heterocycles. The van der Waals surface area contributed by atoms with Crippen molar-refractivity contribution in [3.05, 3.63) is 36.0 Å².